The first-order valence-corrected chi connectivity index (χ1v) is 8.01. The summed E-state index contributed by atoms with van der Waals surface area (Å²) >= 11 is 0. The zero-order valence-electron chi connectivity index (χ0n) is 11.7. The molecule has 116 valence electrons. The van der Waals surface area contributed by atoms with Gasteiger partial charge in [0, 0.05) is 17.8 Å². The molecule has 0 aliphatic heterocycles. The zero-order valence-corrected chi connectivity index (χ0v) is 12.5. The van der Waals surface area contributed by atoms with Crippen LogP contribution in [0.25, 0.3) is 10.8 Å². The maximum Gasteiger partial charge on any atom is 0.338 e. The predicted molar refractivity (Wildman–Crippen MR) is 83.7 cm³/mol. The van der Waals surface area contributed by atoms with E-state index >= 15 is 0 Å². The van der Waals surface area contributed by atoms with Gasteiger partial charge in [0.05, 0.1) is 10.5 Å². The highest BCUT2D eigenvalue weighted by Gasteiger charge is 2.18. The lowest BCUT2D eigenvalue weighted by molar-refractivity contribution is 0.0696. The summed E-state index contributed by atoms with van der Waals surface area (Å²) in [7, 11) is -3.90. The molecule has 0 unspecified atom stereocenters. The lowest BCUT2D eigenvalue weighted by Crippen LogP contribution is -2.15. The molecule has 3 rings (SSSR count). The third-order valence-corrected chi connectivity index (χ3v) is 4.55. The van der Waals surface area contributed by atoms with Crippen molar-refractivity contribution >= 4 is 32.7 Å². The number of hydrogen-bond acceptors (Lipinski definition) is 5. The Morgan fingerprint density at radius 3 is 2.35 bits per heavy atom. The van der Waals surface area contributed by atoms with Gasteiger partial charge < -0.3 is 5.11 Å². The van der Waals surface area contributed by atoms with Crippen molar-refractivity contribution in [3.63, 3.8) is 0 Å². The molecule has 0 radical (unpaired) electrons. The Kier molecular flexibility index (Phi) is 3.67. The van der Waals surface area contributed by atoms with Gasteiger partial charge in [-0.2, -0.15) is 0 Å². The first-order valence-electron chi connectivity index (χ1n) is 6.53. The number of nitrogens with zero attached hydrogens (tertiary/aromatic N) is 2. The number of anilines is 1. The number of benzene rings is 2. The van der Waals surface area contributed by atoms with Crippen molar-refractivity contribution in [1.82, 2.24) is 9.97 Å². The topological polar surface area (TPSA) is 109 Å². The lowest BCUT2D eigenvalue weighted by atomic mass is 10.1. The SMILES string of the molecule is O=C(O)c1cnc(NS(=O)(=O)c2cccc3ccccc23)nc1. The van der Waals surface area contributed by atoms with Crippen LogP contribution in [0.2, 0.25) is 0 Å². The van der Waals surface area contributed by atoms with Crippen molar-refractivity contribution in [2.45, 2.75) is 4.90 Å². The van der Waals surface area contributed by atoms with Crippen LogP contribution in [-0.2, 0) is 10.0 Å². The summed E-state index contributed by atoms with van der Waals surface area (Å²) in [5.74, 6) is -1.38. The summed E-state index contributed by atoms with van der Waals surface area (Å²) in [6.07, 6.45) is 2.08. The first kappa shape index (κ1) is 14.9. The molecular weight excluding hydrogens is 318 g/mol. The zero-order chi connectivity index (χ0) is 16.4. The van der Waals surface area contributed by atoms with Crippen molar-refractivity contribution in [2.24, 2.45) is 0 Å². The van der Waals surface area contributed by atoms with Gasteiger partial charge in [0.25, 0.3) is 10.0 Å². The van der Waals surface area contributed by atoms with E-state index in [0.29, 0.717) is 5.39 Å². The average molecular weight is 329 g/mol. The second kappa shape index (κ2) is 5.65. The molecule has 1 aromatic heterocycles. The van der Waals surface area contributed by atoms with Crippen molar-refractivity contribution in [3.8, 4) is 0 Å². The molecule has 2 N–H and O–H groups in total. The molecule has 2 aromatic carbocycles. The molecule has 0 spiro atoms. The van der Waals surface area contributed by atoms with E-state index in [2.05, 4.69) is 14.7 Å². The monoisotopic (exact) mass is 329 g/mol. The molecule has 23 heavy (non-hydrogen) atoms. The minimum absolute atomic E-state index is 0.0986. The smallest absolute Gasteiger partial charge is 0.338 e. The minimum atomic E-state index is -3.90. The van der Waals surface area contributed by atoms with Crippen LogP contribution in [0, 0.1) is 0 Å². The molecule has 0 bridgehead atoms. The Morgan fingerprint density at radius 1 is 1.00 bits per heavy atom. The summed E-state index contributed by atoms with van der Waals surface area (Å²) in [4.78, 5) is 18.3. The molecule has 1 heterocycles. The predicted octanol–water partition coefficient (Wildman–Crippen LogP) is 2.13. The van der Waals surface area contributed by atoms with E-state index in [1.807, 2.05) is 18.2 Å². The van der Waals surface area contributed by atoms with E-state index < -0.39 is 16.0 Å². The Hall–Kier alpha value is -3.00. The maximum absolute atomic E-state index is 12.5. The highest BCUT2D eigenvalue weighted by atomic mass is 32.2. The number of carboxylic acid groups (broad SMARTS) is 1. The van der Waals surface area contributed by atoms with Crippen LogP contribution in [0.3, 0.4) is 0 Å². The van der Waals surface area contributed by atoms with Gasteiger partial charge in [-0.05, 0) is 11.5 Å². The molecule has 0 fully saturated rings. The minimum Gasteiger partial charge on any atom is -0.478 e. The van der Waals surface area contributed by atoms with Gasteiger partial charge in [0.2, 0.25) is 5.95 Å². The van der Waals surface area contributed by atoms with Crippen molar-refractivity contribution in [1.29, 1.82) is 0 Å². The van der Waals surface area contributed by atoms with Crippen LogP contribution >= 0.6 is 0 Å². The normalized spacial score (nSPS) is 11.3. The first-order chi connectivity index (χ1) is 11.0. The van der Waals surface area contributed by atoms with E-state index in [1.54, 1.807) is 18.2 Å². The van der Waals surface area contributed by atoms with Crippen LogP contribution in [0.15, 0.2) is 59.8 Å². The number of carboxylic acids is 1. The highest BCUT2D eigenvalue weighted by molar-refractivity contribution is 7.93. The van der Waals surface area contributed by atoms with Crippen LogP contribution in [0.5, 0.6) is 0 Å². The molecule has 0 saturated carbocycles. The molecular formula is C15H11N3O4S. The number of aromatic carboxylic acids is 1. The van der Waals surface area contributed by atoms with Gasteiger partial charge in [0.15, 0.2) is 0 Å². The van der Waals surface area contributed by atoms with Crippen molar-refractivity contribution < 1.29 is 18.3 Å². The Labute approximate surface area is 131 Å². The fourth-order valence-corrected chi connectivity index (χ4v) is 3.29. The van der Waals surface area contributed by atoms with E-state index in [0.717, 1.165) is 17.8 Å². The Morgan fingerprint density at radius 2 is 1.65 bits per heavy atom. The second-order valence-electron chi connectivity index (χ2n) is 4.68. The fraction of sp³-hybridized carbons (Fsp3) is 0. The Balaban J connectivity index is 1.99. The summed E-state index contributed by atoms with van der Waals surface area (Å²) in [5.41, 5.74) is -0.127. The molecule has 0 aliphatic rings. The van der Waals surface area contributed by atoms with Crippen LogP contribution in [0.4, 0.5) is 5.95 Å². The quantitative estimate of drug-likeness (QED) is 0.759. The van der Waals surface area contributed by atoms with Crippen LogP contribution in [-0.4, -0.2) is 29.5 Å². The van der Waals surface area contributed by atoms with Gasteiger partial charge in [-0.1, -0.05) is 36.4 Å². The lowest BCUT2D eigenvalue weighted by Gasteiger charge is -2.09. The standard InChI is InChI=1S/C15H11N3O4S/c19-14(20)11-8-16-15(17-9-11)18-23(21,22)13-7-3-5-10-4-1-2-6-12(10)13/h1-9H,(H,19,20)(H,16,17,18). The second-order valence-corrected chi connectivity index (χ2v) is 6.33. The van der Waals surface area contributed by atoms with Gasteiger partial charge in [-0.15, -0.1) is 0 Å². The summed E-state index contributed by atoms with van der Waals surface area (Å²) in [6.45, 7) is 0. The third kappa shape index (κ3) is 2.97. The highest BCUT2D eigenvalue weighted by Crippen LogP contribution is 2.23. The van der Waals surface area contributed by atoms with Crippen LogP contribution in [0.1, 0.15) is 10.4 Å². The molecule has 7 nitrogen and oxygen atoms in total. The number of sulfonamides is 1. The summed E-state index contributed by atoms with van der Waals surface area (Å²) in [6, 6.07) is 12.0. The van der Waals surface area contributed by atoms with E-state index in [-0.39, 0.29) is 16.4 Å². The number of fused-ring (bicyclic) bond motifs is 1. The molecule has 8 heteroatoms. The maximum atomic E-state index is 12.5. The van der Waals surface area contributed by atoms with Crippen LogP contribution < -0.4 is 4.72 Å². The largest absolute Gasteiger partial charge is 0.478 e. The summed E-state index contributed by atoms with van der Waals surface area (Å²) < 4.78 is 27.3. The number of nitrogens with one attached hydrogen (secondary N) is 1. The molecule has 0 amide bonds. The molecule has 0 aliphatic carbocycles. The number of aromatic nitrogens is 2. The van der Waals surface area contributed by atoms with Gasteiger partial charge in [0.1, 0.15) is 0 Å². The van der Waals surface area contributed by atoms with Gasteiger partial charge >= 0.3 is 5.97 Å². The van der Waals surface area contributed by atoms with Gasteiger partial charge in [-0.3, -0.25) is 0 Å². The van der Waals surface area contributed by atoms with E-state index in [9.17, 15) is 13.2 Å². The number of carbonyl (C=O) groups is 1. The third-order valence-electron chi connectivity index (χ3n) is 3.16. The number of hydrogen-bond donors (Lipinski definition) is 2. The Bertz CT molecular complexity index is 980. The molecule has 3 aromatic rings. The molecule has 0 atom stereocenters. The fourth-order valence-electron chi connectivity index (χ4n) is 2.10. The van der Waals surface area contributed by atoms with Gasteiger partial charge in [-0.25, -0.2) is 27.9 Å². The van der Waals surface area contributed by atoms with E-state index in [4.69, 9.17) is 5.11 Å². The average Bonchev–Trinajstić information content (AvgIpc) is 2.54. The summed E-state index contributed by atoms with van der Waals surface area (Å²) in [5, 5.41) is 10.1. The van der Waals surface area contributed by atoms with E-state index in [1.165, 1.54) is 6.07 Å². The van der Waals surface area contributed by atoms with Crippen molar-refractivity contribution in [3.05, 3.63) is 60.4 Å². The number of rotatable bonds is 4. The molecule has 0 saturated heterocycles. The van der Waals surface area contributed by atoms with Crippen molar-refractivity contribution in [2.75, 3.05) is 4.72 Å².